The molecule has 0 bridgehead atoms. The van der Waals surface area contributed by atoms with Crippen molar-refractivity contribution in [3.05, 3.63) is 58.9 Å². The first-order valence-electron chi connectivity index (χ1n) is 8.47. The number of nitrogens with zero attached hydrogens (tertiary/aromatic N) is 1. The first-order valence-corrected chi connectivity index (χ1v) is 8.47. The molecule has 3 rings (SSSR count). The highest BCUT2D eigenvalue weighted by molar-refractivity contribution is 5.92. The van der Waals surface area contributed by atoms with Gasteiger partial charge in [0, 0.05) is 24.3 Å². The largest absolute Gasteiger partial charge is 0.493 e. The van der Waals surface area contributed by atoms with E-state index in [1.807, 2.05) is 6.07 Å². The second-order valence-electron chi connectivity index (χ2n) is 6.74. The zero-order valence-corrected chi connectivity index (χ0v) is 14.5. The van der Waals surface area contributed by atoms with Crippen LogP contribution in [0.2, 0.25) is 0 Å². The van der Waals surface area contributed by atoms with Gasteiger partial charge in [0.15, 0.2) is 0 Å². The van der Waals surface area contributed by atoms with Gasteiger partial charge in [-0.3, -0.25) is 0 Å². The third-order valence-corrected chi connectivity index (χ3v) is 4.31. The Morgan fingerprint density at radius 3 is 2.84 bits per heavy atom. The molecule has 0 aromatic heterocycles. The fourth-order valence-electron chi connectivity index (χ4n) is 3.14. The summed E-state index contributed by atoms with van der Waals surface area (Å²) < 4.78 is 19.6. The Balaban J connectivity index is 1.87. The lowest BCUT2D eigenvalue weighted by Gasteiger charge is -2.22. The number of halogens is 1. The summed E-state index contributed by atoms with van der Waals surface area (Å²) in [5.41, 5.74) is 2.86. The number of anilines is 1. The van der Waals surface area contributed by atoms with E-state index in [1.165, 1.54) is 12.1 Å². The molecule has 1 heterocycles. The van der Waals surface area contributed by atoms with E-state index in [4.69, 9.17) is 4.74 Å². The van der Waals surface area contributed by atoms with E-state index in [2.05, 4.69) is 18.7 Å². The summed E-state index contributed by atoms with van der Waals surface area (Å²) in [4.78, 5) is 13.5. The molecule has 132 valence electrons. The lowest BCUT2D eigenvalue weighted by Crippen LogP contribution is -2.20. The van der Waals surface area contributed by atoms with Gasteiger partial charge in [-0.25, -0.2) is 9.18 Å². The Morgan fingerprint density at radius 1 is 1.32 bits per heavy atom. The highest BCUT2D eigenvalue weighted by Gasteiger charge is 2.25. The van der Waals surface area contributed by atoms with Crippen molar-refractivity contribution >= 4 is 11.7 Å². The molecule has 4 nitrogen and oxygen atoms in total. The van der Waals surface area contributed by atoms with E-state index in [9.17, 15) is 14.3 Å². The van der Waals surface area contributed by atoms with Crippen LogP contribution < -0.4 is 9.64 Å². The fraction of sp³-hybridized carbons (Fsp3) is 0.350. The Bertz CT molecular complexity index is 789. The molecule has 0 saturated heterocycles. The van der Waals surface area contributed by atoms with Crippen LogP contribution in [-0.2, 0) is 13.0 Å². The molecule has 1 aliphatic heterocycles. The Kier molecular flexibility index (Phi) is 4.93. The zero-order chi connectivity index (χ0) is 18.0. The van der Waals surface area contributed by atoms with E-state index in [1.54, 1.807) is 18.2 Å². The number of aromatic carboxylic acids is 1. The van der Waals surface area contributed by atoms with Gasteiger partial charge in [-0.1, -0.05) is 19.9 Å². The normalized spacial score (nSPS) is 13.2. The maximum atomic E-state index is 13.7. The van der Waals surface area contributed by atoms with Crippen molar-refractivity contribution in [1.82, 2.24) is 0 Å². The first kappa shape index (κ1) is 17.3. The molecular weight excluding hydrogens is 321 g/mol. The highest BCUT2D eigenvalue weighted by atomic mass is 19.1. The lowest BCUT2D eigenvalue weighted by atomic mass is 10.1. The van der Waals surface area contributed by atoms with E-state index in [-0.39, 0.29) is 5.82 Å². The van der Waals surface area contributed by atoms with Crippen molar-refractivity contribution in [2.45, 2.75) is 26.8 Å². The molecule has 25 heavy (non-hydrogen) atoms. The molecule has 0 unspecified atom stereocenters. The van der Waals surface area contributed by atoms with Gasteiger partial charge in [-0.2, -0.15) is 0 Å². The van der Waals surface area contributed by atoms with Crippen LogP contribution in [0, 0.1) is 11.7 Å². The minimum atomic E-state index is -0.912. The van der Waals surface area contributed by atoms with E-state index < -0.39 is 5.97 Å². The summed E-state index contributed by atoms with van der Waals surface area (Å²) >= 11 is 0. The van der Waals surface area contributed by atoms with Crippen molar-refractivity contribution in [2.75, 3.05) is 18.1 Å². The van der Waals surface area contributed by atoms with Crippen molar-refractivity contribution < 1.29 is 19.0 Å². The number of carboxylic acid groups (broad SMARTS) is 1. The van der Waals surface area contributed by atoms with E-state index >= 15 is 0 Å². The molecule has 0 fully saturated rings. The zero-order valence-electron chi connectivity index (χ0n) is 14.5. The molecule has 1 N–H and O–H groups in total. The second kappa shape index (κ2) is 7.13. The predicted octanol–water partition coefficient (Wildman–Crippen LogP) is 4.12. The van der Waals surface area contributed by atoms with Crippen LogP contribution in [0.4, 0.5) is 10.1 Å². The minimum absolute atomic E-state index is 0.300. The number of benzene rings is 2. The summed E-state index contributed by atoms with van der Waals surface area (Å²) in [6, 6.07) is 9.86. The molecule has 1 aliphatic rings. The Labute approximate surface area is 146 Å². The van der Waals surface area contributed by atoms with Gasteiger partial charge in [0.1, 0.15) is 11.6 Å². The van der Waals surface area contributed by atoms with Crippen LogP contribution in [0.15, 0.2) is 36.4 Å². The lowest BCUT2D eigenvalue weighted by molar-refractivity contribution is 0.0696. The van der Waals surface area contributed by atoms with Crippen molar-refractivity contribution in [2.24, 2.45) is 5.92 Å². The van der Waals surface area contributed by atoms with Gasteiger partial charge in [-0.15, -0.1) is 0 Å². The van der Waals surface area contributed by atoms with Crippen LogP contribution in [-0.4, -0.2) is 24.2 Å². The van der Waals surface area contributed by atoms with Gasteiger partial charge in [0.2, 0.25) is 0 Å². The molecule has 2 aromatic carbocycles. The molecule has 0 aliphatic carbocycles. The molecule has 0 saturated carbocycles. The molecule has 0 radical (unpaired) electrons. The van der Waals surface area contributed by atoms with E-state index in [0.717, 1.165) is 16.8 Å². The van der Waals surface area contributed by atoms with Gasteiger partial charge < -0.3 is 14.7 Å². The van der Waals surface area contributed by atoms with Crippen LogP contribution in [0.1, 0.15) is 35.3 Å². The summed E-state index contributed by atoms with van der Waals surface area (Å²) in [6.45, 7) is 5.89. The average Bonchev–Trinajstić information content (AvgIpc) is 2.97. The van der Waals surface area contributed by atoms with Crippen molar-refractivity contribution in [1.29, 1.82) is 0 Å². The standard InChI is InChI=1S/C20H22FNO3/c1-13(2)12-25-19-7-6-15(21)10-14(19)11-22-9-8-16-17(20(23)24)4-3-5-18(16)22/h3-7,10,13H,8-9,11-12H2,1-2H3,(H,23,24). The predicted molar refractivity (Wildman–Crippen MR) is 94.9 cm³/mol. The summed E-state index contributed by atoms with van der Waals surface area (Å²) in [5, 5.41) is 9.34. The second-order valence-corrected chi connectivity index (χ2v) is 6.74. The monoisotopic (exact) mass is 343 g/mol. The molecule has 2 aromatic rings. The van der Waals surface area contributed by atoms with Crippen molar-refractivity contribution in [3.8, 4) is 5.75 Å². The van der Waals surface area contributed by atoms with Crippen LogP contribution in [0.25, 0.3) is 0 Å². The van der Waals surface area contributed by atoms with Gasteiger partial charge >= 0.3 is 5.97 Å². The molecule has 0 amide bonds. The number of carboxylic acids is 1. The molecule has 0 atom stereocenters. The Morgan fingerprint density at radius 2 is 2.12 bits per heavy atom. The van der Waals surface area contributed by atoms with Gasteiger partial charge in [0.05, 0.1) is 12.2 Å². The maximum absolute atomic E-state index is 13.7. The number of fused-ring (bicyclic) bond motifs is 1. The summed E-state index contributed by atoms with van der Waals surface area (Å²) in [7, 11) is 0. The van der Waals surface area contributed by atoms with Crippen LogP contribution >= 0.6 is 0 Å². The van der Waals surface area contributed by atoms with Gasteiger partial charge in [0.25, 0.3) is 0 Å². The Hall–Kier alpha value is -2.56. The number of rotatable bonds is 6. The molecular formula is C20H22FNO3. The summed E-state index contributed by atoms with van der Waals surface area (Å²) in [6.07, 6.45) is 0.676. The van der Waals surface area contributed by atoms with Gasteiger partial charge in [-0.05, 0) is 48.2 Å². The summed E-state index contributed by atoms with van der Waals surface area (Å²) in [5.74, 6) is -0.155. The number of hydrogen-bond acceptors (Lipinski definition) is 3. The number of carbonyl (C=O) groups is 1. The maximum Gasteiger partial charge on any atom is 0.336 e. The third kappa shape index (κ3) is 3.76. The average molecular weight is 343 g/mol. The SMILES string of the molecule is CC(C)COc1ccc(F)cc1CN1CCc2c(C(=O)O)cccc21. The van der Waals surface area contributed by atoms with Crippen molar-refractivity contribution in [3.63, 3.8) is 0 Å². The quantitative estimate of drug-likeness (QED) is 0.857. The van der Waals surface area contributed by atoms with Crippen LogP contribution in [0.5, 0.6) is 5.75 Å². The first-order chi connectivity index (χ1) is 12.0. The smallest absolute Gasteiger partial charge is 0.336 e. The van der Waals surface area contributed by atoms with E-state index in [0.29, 0.717) is 43.3 Å². The highest BCUT2D eigenvalue weighted by Crippen LogP contribution is 2.33. The fourth-order valence-corrected chi connectivity index (χ4v) is 3.14. The number of hydrogen-bond donors (Lipinski definition) is 1. The number of ether oxygens (including phenoxy) is 1. The molecule has 0 spiro atoms. The molecule has 5 heteroatoms. The third-order valence-electron chi connectivity index (χ3n) is 4.31. The van der Waals surface area contributed by atoms with Crippen LogP contribution in [0.3, 0.4) is 0 Å². The minimum Gasteiger partial charge on any atom is -0.493 e. The topological polar surface area (TPSA) is 49.8 Å².